The molecule has 0 atom stereocenters. The van der Waals surface area contributed by atoms with Crippen LogP contribution >= 0.6 is 0 Å². The van der Waals surface area contributed by atoms with Gasteiger partial charge in [-0.1, -0.05) is 19.1 Å². The Labute approximate surface area is 118 Å². The van der Waals surface area contributed by atoms with Gasteiger partial charge in [-0.25, -0.2) is 0 Å². The molecule has 0 unspecified atom stereocenters. The van der Waals surface area contributed by atoms with E-state index in [2.05, 4.69) is 57.5 Å². The van der Waals surface area contributed by atoms with Crippen molar-refractivity contribution in [3.05, 3.63) is 48.2 Å². The van der Waals surface area contributed by atoms with Crippen LogP contribution < -0.4 is 5.32 Å². The molecule has 0 saturated carbocycles. The van der Waals surface area contributed by atoms with Gasteiger partial charge in [-0.2, -0.15) is 0 Å². The summed E-state index contributed by atoms with van der Waals surface area (Å²) in [6.07, 6.45) is 3.85. The lowest BCUT2D eigenvalue weighted by atomic mass is 10.1. The Morgan fingerprint density at radius 3 is 2.90 bits per heavy atom. The molecule has 2 aromatic heterocycles. The standard InChI is InChI=1S/C15H19N5/c1-3-16-9-12-5-4-6-14-13(12)7-8-20(14)10-15-18-17-11-19(15)2/h4-8,11,16H,3,9-10H2,1-2H3. The van der Waals surface area contributed by atoms with Crippen LogP contribution in [0.15, 0.2) is 36.8 Å². The molecule has 0 aliphatic heterocycles. The fourth-order valence-electron chi connectivity index (χ4n) is 2.44. The van der Waals surface area contributed by atoms with E-state index in [-0.39, 0.29) is 0 Å². The third kappa shape index (κ3) is 2.32. The fraction of sp³-hybridized carbons (Fsp3) is 0.333. The van der Waals surface area contributed by atoms with Gasteiger partial charge in [0.15, 0.2) is 5.82 Å². The Kier molecular flexibility index (Phi) is 3.52. The van der Waals surface area contributed by atoms with Crippen LogP contribution in [-0.4, -0.2) is 25.9 Å². The molecule has 3 rings (SSSR count). The van der Waals surface area contributed by atoms with Crippen molar-refractivity contribution in [3.8, 4) is 0 Å². The zero-order valence-corrected chi connectivity index (χ0v) is 11.9. The van der Waals surface area contributed by atoms with Crippen molar-refractivity contribution in [1.29, 1.82) is 0 Å². The van der Waals surface area contributed by atoms with Crippen LogP contribution in [0, 0.1) is 0 Å². The van der Waals surface area contributed by atoms with Crippen molar-refractivity contribution in [3.63, 3.8) is 0 Å². The van der Waals surface area contributed by atoms with Gasteiger partial charge in [0.1, 0.15) is 6.33 Å². The molecule has 104 valence electrons. The maximum Gasteiger partial charge on any atom is 0.152 e. The Bertz CT molecular complexity index is 710. The zero-order valence-electron chi connectivity index (χ0n) is 11.9. The van der Waals surface area contributed by atoms with Crippen LogP contribution in [0.2, 0.25) is 0 Å². The third-order valence-corrected chi connectivity index (χ3v) is 3.59. The highest BCUT2D eigenvalue weighted by Crippen LogP contribution is 2.21. The molecule has 0 spiro atoms. The number of fused-ring (bicyclic) bond motifs is 1. The average molecular weight is 269 g/mol. The molecule has 2 heterocycles. The van der Waals surface area contributed by atoms with E-state index in [0.29, 0.717) is 0 Å². The molecule has 0 aliphatic carbocycles. The number of aryl methyl sites for hydroxylation is 1. The van der Waals surface area contributed by atoms with Gasteiger partial charge in [0.05, 0.1) is 6.54 Å². The summed E-state index contributed by atoms with van der Waals surface area (Å²) >= 11 is 0. The van der Waals surface area contributed by atoms with E-state index >= 15 is 0 Å². The van der Waals surface area contributed by atoms with E-state index in [1.54, 1.807) is 6.33 Å². The summed E-state index contributed by atoms with van der Waals surface area (Å²) in [5, 5.41) is 12.8. The van der Waals surface area contributed by atoms with Gasteiger partial charge in [0.25, 0.3) is 0 Å². The lowest BCUT2D eigenvalue weighted by molar-refractivity contribution is 0.715. The summed E-state index contributed by atoms with van der Waals surface area (Å²) in [4.78, 5) is 0. The number of rotatable bonds is 5. The molecule has 5 heteroatoms. The van der Waals surface area contributed by atoms with Crippen LogP contribution in [0.3, 0.4) is 0 Å². The quantitative estimate of drug-likeness (QED) is 0.770. The molecule has 0 fully saturated rings. The van der Waals surface area contributed by atoms with Crippen LogP contribution in [0.4, 0.5) is 0 Å². The summed E-state index contributed by atoms with van der Waals surface area (Å²) in [5.41, 5.74) is 2.57. The SMILES string of the molecule is CCNCc1cccc2c1ccn2Cc1nncn1C. The Morgan fingerprint density at radius 1 is 1.25 bits per heavy atom. The maximum absolute atomic E-state index is 4.15. The van der Waals surface area contributed by atoms with E-state index in [9.17, 15) is 0 Å². The summed E-state index contributed by atoms with van der Waals surface area (Å²) in [5.74, 6) is 0.958. The highest BCUT2D eigenvalue weighted by molar-refractivity contribution is 5.83. The van der Waals surface area contributed by atoms with Crippen molar-refractivity contribution in [2.75, 3.05) is 6.54 Å². The van der Waals surface area contributed by atoms with Gasteiger partial charge >= 0.3 is 0 Å². The Hall–Kier alpha value is -2.14. The molecule has 1 aromatic carbocycles. The second-order valence-corrected chi connectivity index (χ2v) is 4.93. The summed E-state index contributed by atoms with van der Waals surface area (Å²) in [6.45, 7) is 4.75. The van der Waals surface area contributed by atoms with Gasteiger partial charge in [-0.05, 0) is 24.2 Å². The first-order chi connectivity index (χ1) is 9.79. The molecule has 3 aromatic rings. The molecule has 5 nitrogen and oxygen atoms in total. The largest absolute Gasteiger partial charge is 0.340 e. The first kappa shape index (κ1) is 12.9. The van der Waals surface area contributed by atoms with Gasteiger partial charge in [0.2, 0.25) is 0 Å². The summed E-state index contributed by atoms with van der Waals surface area (Å²) < 4.78 is 4.17. The number of hydrogen-bond acceptors (Lipinski definition) is 3. The average Bonchev–Trinajstić information content (AvgIpc) is 3.05. The lowest BCUT2D eigenvalue weighted by Crippen LogP contribution is -2.11. The summed E-state index contributed by atoms with van der Waals surface area (Å²) in [6, 6.07) is 8.62. The second kappa shape index (κ2) is 5.46. The minimum Gasteiger partial charge on any atom is -0.340 e. The zero-order chi connectivity index (χ0) is 13.9. The monoisotopic (exact) mass is 269 g/mol. The van der Waals surface area contributed by atoms with E-state index in [1.165, 1.54) is 16.5 Å². The van der Waals surface area contributed by atoms with Gasteiger partial charge in [-0.3, -0.25) is 0 Å². The first-order valence-corrected chi connectivity index (χ1v) is 6.90. The molecule has 0 amide bonds. The minimum absolute atomic E-state index is 0.741. The molecular formula is C15H19N5. The molecule has 0 aliphatic rings. The fourth-order valence-corrected chi connectivity index (χ4v) is 2.44. The molecule has 1 N–H and O–H groups in total. The molecule has 0 saturated heterocycles. The van der Waals surface area contributed by atoms with E-state index < -0.39 is 0 Å². The lowest BCUT2D eigenvalue weighted by Gasteiger charge is -2.07. The van der Waals surface area contributed by atoms with E-state index in [4.69, 9.17) is 0 Å². The molecular weight excluding hydrogens is 250 g/mol. The number of aromatic nitrogens is 4. The van der Waals surface area contributed by atoms with Crippen molar-refractivity contribution in [2.45, 2.75) is 20.0 Å². The maximum atomic E-state index is 4.15. The number of benzene rings is 1. The van der Waals surface area contributed by atoms with Gasteiger partial charge in [-0.15, -0.1) is 10.2 Å². The van der Waals surface area contributed by atoms with Gasteiger partial charge < -0.3 is 14.5 Å². The topological polar surface area (TPSA) is 47.7 Å². The predicted octanol–water partition coefficient (Wildman–Crippen LogP) is 1.93. The van der Waals surface area contributed by atoms with Crippen LogP contribution in [0.1, 0.15) is 18.3 Å². The predicted molar refractivity (Wildman–Crippen MR) is 79.4 cm³/mol. The Balaban J connectivity index is 1.95. The van der Waals surface area contributed by atoms with Crippen molar-refractivity contribution >= 4 is 10.9 Å². The second-order valence-electron chi connectivity index (χ2n) is 4.93. The normalized spacial score (nSPS) is 11.3. The third-order valence-electron chi connectivity index (χ3n) is 3.59. The van der Waals surface area contributed by atoms with E-state index in [1.807, 2.05) is 11.6 Å². The minimum atomic E-state index is 0.741. The highest BCUT2D eigenvalue weighted by Gasteiger charge is 2.08. The molecule has 0 bridgehead atoms. The van der Waals surface area contributed by atoms with Crippen molar-refractivity contribution in [2.24, 2.45) is 7.05 Å². The smallest absolute Gasteiger partial charge is 0.152 e. The summed E-state index contributed by atoms with van der Waals surface area (Å²) in [7, 11) is 1.97. The van der Waals surface area contributed by atoms with Gasteiger partial charge in [0, 0.05) is 30.7 Å². The Morgan fingerprint density at radius 2 is 2.15 bits per heavy atom. The van der Waals surface area contributed by atoms with E-state index in [0.717, 1.165) is 25.5 Å². The molecule has 20 heavy (non-hydrogen) atoms. The van der Waals surface area contributed by atoms with Crippen LogP contribution in [-0.2, 0) is 20.1 Å². The van der Waals surface area contributed by atoms with Crippen molar-refractivity contribution in [1.82, 2.24) is 24.6 Å². The van der Waals surface area contributed by atoms with Crippen LogP contribution in [0.5, 0.6) is 0 Å². The number of hydrogen-bond donors (Lipinski definition) is 1. The molecule has 0 radical (unpaired) electrons. The number of nitrogens with zero attached hydrogens (tertiary/aromatic N) is 4. The van der Waals surface area contributed by atoms with Crippen LogP contribution in [0.25, 0.3) is 10.9 Å². The first-order valence-electron chi connectivity index (χ1n) is 6.90. The van der Waals surface area contributed by atoms with Crippen molar-refractivity contribution < 1.29 is 0 Å². The number of nitrogens with one attached hydrogen (secondary N) is 1. The highest BCUT2D eigenvalue weighted by atomic mass is 15.3.